The molecule has 0 amide bonds. The van der Waals surface area contributed by atoms with Crippen molar-refractivity contribution in [2.45, 2.75) is 27.7 Å². The van der Waals surface area contributed by atoms with Crippen molar-refractivity contribution in [2.24, 2.45) is 4.99 Å². The van der Waals surface area contributed by atoms with Gasteiger partial charge in [-0.25, -0.2) is 0 Å². The second kappa shape index (κ2) is 9.56. The fourth-order valence-electron chi connectivity index (χ4n) is 1.99. The molecule has 2 heteroatoms. The van der Waals surface area contributed by atoms with Gasteiger partial charge in [0, 0.05) is 24.1 Å². The molecule has 0 spiro atoms. The molecule has 2 nitrogen and oxygen atoms in total. The molecular weight excluding hydrogens is 268 g/mol. The predicted molar refractivity (Wildman–Crippen MR) is 99.2 cm³/mol. The Morgan fingerprint density at radius 2 is 1.36 bits per heavy atom. The predicted octanol–water partition coefficient (Wildman–Crippen LogP) is 5.85. The molecule has 0 bridgehead atoms. The van der Waals surface area contributed by atoms with Crippen LogP contribution < -0.4 is 4.90 Å². The number of anilines is 1. The molecule has 2 aromatic carbocycles. The first-order valence-corrected chi connectivity index (χ1v) is 7.74. The molecule has 0 aliphatic rings. The van der Waals surface area contributed by atoms with E-state index in [0.29, 0.717) is 0 Å². The van der Waals surface area contributed by atoms with Crippen LogP contribution in [0.25, 0.3) is 0 Å². The lowest BCUT2D eigenvalue weighted by molar-refractivity contribution is 1.09. The Kier molecular flexibility index (Phi) is 7.69. The van der Waals surface area contributed by atoms with Gasteiger partial charge in [0.1, 0.15) is 0 Å². The zero-order chi connectivity index (χ0) is 16.4. The lowest BCUT2D eigenvalue weighted by Gasteiger charge is -2.20. The molecule has 0 saturated carbocycles. The van der Waals surface area contributed by atoms with Crippen LogP contribution in [0, 0.1) is 0 Å². The van der Waals surface area contributed by atoms with Gasteiger partial charge in [0.2, 0.25) is 0 Å². The molecule has 2 aromatic rings. The van der Waals surface area contributed by atoms with Crippen LogP contribution >= 0.6 is 0 Å². The Hall–Kier alpha value is -2.35. The highest BCUT2D eigenvalue weighted by molar-refractivity contribution is 5.95. The molecule has 0 atom stereocenters. The molecule has 22 heavy (non-hydrogen) atoms. The van der Waals surface area contributed by atoms with Crippen molar-refractivity contribution in [3.8, 4) is 0 Å². The second-order valence-electron chi connectivity index (χ2n) is 4.77. The Morgan fingerprint density at radius 3 is 1.91 bits per heavy atom. The molecule has 0 saturated heterocycles. The Morgan fingerprint density at radius 1 is 0.864 bits per heavy atom. The van der Waals surface area contributed by atoms with E-state index in [0.717, 1.165) is 17.1 Å². The van der Waals surface area contributed by atoms with Gasteiger partial charge in [0.15, 0.2) is 0 Å². The molecule has 0 aromatic heterocycles. The minimum atomic E-state index is 0.983. The standard InChI is InChI=1S/C18H20N2.C2H6/c1-15(19-17-10-6-4-7-11-17)14-16(2)20(3)18-12-8-5-9-13-18;1-2/h4-14H,1-3H3;1-2H3/b16-14-,19-15?;. The van der Waals surface area contributed by atoms with Crippen molar-refractivity contribution < 1.29 is 0 Å². The fraction of sp³-hybridized carbons (Fsp3) is 0.250. The molecule has 0 aliphatic heterocycles. The van der Waals surface area contributed by atoms with Crippen molar-refractivity contribution in [1.82, 2.24) is 0 Å². The zero-order valence-electron chi connectivity index (χ0n) is 14.2. The summed E-state index contributed by atoms with van der Waals surface area (Å²) in [6.45, 7) is 8.12. The fourth-order valence-corrected chi connectivity index (χ4v) is 1.99. The van der Waals surface area contributed by atoms with Crippen LogP contribution in [0.4, 0.5) is 11.4 Å². The molecule has 0 heterocycles. The normalized spacial score (nSPS) is 11.5. The summed E-state index contributed by atoms with van der Waals surface area (Å²) in [5.41, 5.74) is 4.31. The maximum atomic E-state index is 4.59. The van der Waals surface area contributed by atoms with Crippen LogP contribution in [0.1, 0.15) is 27.7 Å². The highest BCUT2D eigenvalue weighted by Gasteiger charge is 2.01. The summed E-state index contributed by atoms with van der Waals surface area (Å²) in [6.07, 6.45) is 2.10. The third-order valence-electron chi connectivity index (χ3n) is 3.15. The van der Waals surface area contributed by atoms with E-state index in [1.54, 1.807) is 0 Å². The Balaban J connectivity index is 0.00000116. The van der Waals surface area contributed by atoms with Crippen molar-refractivity contribution in [2.75, 3.05) is 11.9 Å². The summed E-state index contributed by atoms with van der Waals surface area (Å²) in [5.74, 6) is 0. The van der Waals surface area contributed by atoms with E-state index in [2.05, 4.69) is 42.1 Å². The summed E-state index contributed by atoms with van der Waals surface area (Å²) in [4.78, 5) is 6.75. The molecular formula is C20H26N2. The number of allylic oxidation sites excluding steroid dienone is 2. The summed E-state index contributed by atoms with van der Waals surface area (Å²) >= 11 is 0. The minimum Gasteiger partial charge on any atom is -0.348 e. The number of aliphatic imine (C=N–C) groups is 1. The molecule has 0 radical (unpaired) electrons. The smallest absolute Gasteiger partial charge is 0.0632 e. The van der Waals surface area contributed by atoms with Gasteiger partial charge in [-0.2, -0.15) is 0 Å². The van der Waals surface area contributed by atoms with Crippen LogP contribution in [0.2, 0.25) is 0 Å². The first kappa shape index (κ1) is 17.7. The lowest BCUT2D eigenvalue weighted by Crippen LogP contribution is -2.14. The molecule has 0 unspecified atom stereocenters. The topological polar surface area (TPSA) is 15.6 Å². The summed E-state index contributed by atoms with van der Waals surface area (Å²) in [7, 11) is 2.07. The number of hydrogen-bond donors (Lipinski definition) is 0. The lowest BCUT2D eigenvalue weighted by atomic mass is 10.2. The van der Waals surface area contributed by atoms with E-state index in [1.807, 2.05) is 69.3 Å². The average Bonchev–Trinajstić information content (AvgIpc) is 2.57. The summed E-state index contributed by atoms with van der Waals surface area (Å²) < 4.78 is 0. The summed E-state index contributed by atoms with van der Waals surface area (Å²) in [5, 5.41) is 0. The summed E-state index contributed by atoms with van der Waals surface area (Å²) in [6, 6.07) is 20.3. The van der Waals surface area contributed by atoms with Gasteiger partial charge < -0.3 is 4.90 Å². The number of benzene rings is 2. The quantitative estimate of drug-likeness (QED) is 0.646. The van der Waals surface area contributed by atoms with Gasteiger partial charge in [-0.05, 0) is 44.2 Å². The first-order valence-electron chi connectivity index (χ1n) is 7.74. The minimum absolute atomic E-state index is 0.983. The SMILES string of the molecule is CC.CC(/C=C(/C)N(C)c1ccccc1)=Nc1ccccc1. The van der Waals surface area contributed by atoms with Crippen molar-refractivity contribution in [3.63, 3.8) is 0 Å². The third kappa shape index (κ3) is 5.57. The van der Waals surface area contributed by atoms with E-state index < -0.39 is 0 Å². The Labute approximate surface area is 134 Å². The van der Waals surface area contributed by atoms with Gasteiger partial charge in [-0.1, -0.05) is 50.2 Å². The first-order chi connectivity index (χ1) is 10.7. The van der Waals surface area contributed by atoms with Crippen LogP contribution in [-0.4, -0.2) is 12.8 Å². The Bertz CT molecular complexity index is 598. The van der Waals surface area contributed by atoms with E-state index in [-0.39, 0.29) is 0 Å². The third-order valence-corrected chi connectivity index (χ3v) is 3.15. The maximum Gasteiger partial charge on any atom is 0.0632 e. The van der Waals surface area contributed by atoms with Gasteiger partial charge in [0.25, 0.3) is 0 Å². The van der Waals surface area contributed by atoms with Gasteiger partial charge in [-0.15, -0.1) is 0 Å². The number of para-hydroxylation sites is 2. The molecule has 116 valence electrons. The van der Waals surface area contributed by atoms with Crippen LogP contribution in [0.5, 0.6) is 0 Å². The van der Waals surface area contributed by atoms with Gasteiger partial charge >= 0.3 is 0 Å². The zero-order valence-corrected chi connectivity index (χ0v) is 14.2. The number of rotatable bonds is 4. The van der Waals surface area contributed by atoms with E-state index in [9.17, 15) is 0 Å². The van der Waals surface area contributed by atoms with Crippen LogP contribution in [0.15, 0.2) is 77.4 Å². The molecule has 0 N–H and O–H groups in total. The van der Waals surface area contributed by atoms with Crippen molar-refractivity contribution >= 4 is 17.1 Å². The molecule has 0 aliphatic carbocycles. The molecule has 0 fully saturated rings. The van der Waals surface area contributed by atoms with Crippen molar-refractivity contribution in [3.05, 3.63) is 72.4 Å². The number of hydrogen-bond acceptors (Lipinski definition) is 2. The average molecular weight is 294 g/mol. The molecule has 2 rings (SSSR count). The highest BCUT2D eigenvalue weighted by Crippen LogP contribution is 2.17. The van der Waals surface area contributed by atoms with Gasteiger partial charge in [0.05, 0.1) is 5.69 Å². The highest BCUT2D eigenvalue weighted by atomic mass is 15.1. The van der Waals surface area contributed by atoms with Crippen LogP contribution in [-0.2, 0) is 0 Å². The second-order valence-corrected chi connectivity index (χ2v) is 4.77. The largest absolute Gasteiger partial charge is 0.348 e. The van der Waals surface area contributed by atoms with E-state index in [4.69, 9.17) is 0 Å². The van der Waals surface area contributed by atoms with Crippen molar-refractivity contribution in [1.29, 1.82) is 0 Å². The van der Waals surface area contributed by atoms with E-state index in [1.165, 1.54) is 5.69 Å². The van der Waals surface area contributed by atoms with E-state index >= 15 is 0 Å². The van der Waals surface area contributed by atoms with Crippen LogP contribution in [0.3, 0.4) is 0 Å². The van der Waals surface area contributed by atoms with Gasteiger partial charge in [-0.3, -0.25) is 4.99 Å². The number of nitrogens with zero attached hydrogens (tertiary/aromatic N) is 2. The maximum absolute atomic E-state index is 4.59. The monoisotopic (exact) mass is 294 g/mol.